The number of halogens is 1. The van der Waals surface area contributed by atoms with Gasteiger partial charge in [0.2, 0.25) is 5.91 Å². The second-order valence-electron chi connectivity index (χ2n) is 6.05. The molecule has 1 saturated carbocycles. The molecule has 7 heteroatoms. The van der Waals surface area contributed by atoms with E-state index in [0.717, 1.165) is 38.5 Å². The lowest BCUT2D eigenvalue weighted by Crippen LogP contribution is -2.32. The van der Waals surface area contributed by atoms with Crippen molar-refractivity contribution in [2.45, 2.75) is 36.1 Å². The van der Waals surface area contributed by atoms with Crippen molar-refractivity contribution < 1.29 is 9.18 Å². The van der Waals surface area contributed by atoms with Crippen LogP contribution >= 0.6 is 23.1 Å². The first-order valence-corrected chi connectivity index (χ1v) is 9.77. The van der Waals surface area contributed by atoms with Gasteiger partial charge in [0.15, 0.2) is 0 Å². The monoisotopic (exact) mass is 373 g/mol. The van der Waals surface area contributed by atoms with Gasteiger partial charge in [-0.05, 0) is 43.5 Å². The summed E-state index contributed by atoms with van der Waals surface area (Å²) >= 11 is 3.01. The third-order valence-corrected chi connectivity index (χ3v) is 6.40. The molecule has 1 fully saturated rings. The zero-order valence-electron chi connectivity index (χ0n) is 13.5. The molecule has 1 atom stereocenters. The molecule has 0 radical (unpaired) electrons. The number of fused-ring (bicyclic) bond motifs is 1. The number of benzene rings is 1. The van der Waals surface area contributed by atoms with Crippen LogP contribution in [0.5, 0.6) is 0 Å². The van der Waals surface area contributed by atoms with Gasteiger partial charge in [0, 0.05) is 10.9 Å². The van der Waals surface area contributed by atoms with E-state index in [1.54, 1.807) is 23.5 Å². The third-order valence-electron chi connectivity index (χ3n) is 3.99. The van der Waals surface area contributed by atoms with Gasteiger partial charge >= 0.3 is 0 Å². The maximum absolute atomic E-state index is 13.1. The minimum Gasteiger partial charge on any atom is -0.352 e. The van der Waals surface area contributed by atoms with E-state index in [1.807, 2.05) is 13.0 Å². The minimum absolute atomic E-state index is 0.0505. The molecule has 0 aliphatic heterocycles. The highest BCUT2D eigenvalue weighted by atomic mass is 32.2. The van der Waals surface area contributed by atoms with E-state index >= 15 is 0 Å². The van der Waals surface area contributed by atoms with Crippen LogP contribution < -0.4 is 5.32 Å². The Morgan fingerprint density at radius 3 is 2.80 bits per heavy atom. The topological polar surface area (TPSA) is 54.9 Å². The highest BCUT2D eigenvalue weighted by molar-refractivity contribution is 8.00. The largest absolute Gasteiger partial charge is 0.352 e. The van der Waals surface area contributed by atoms with Gasteiger partial charge < -0.3 is 5.32 Å². The molecule has 128 valence electrons. The first-order valence-electron chi connectivity index (χ1n) is 8.07. The van der Waals surface area contributed by atoms with Gasteiger partial charge in [0.25, 0.3) is 0 Å². The molecule has 3 aromatic rings. The Morgan fingerprint density at radius 2 is 2.08 bits per heavy atom. The number of nitrogens with one attached hydrogen (secondary N) is 1. The number of carbonyl (C=O) groups is 1. The SMILES string of the molecule is CC(Sc1ncnc2cc(-c3ccc(F)cc3)sc12)C(=O)NC1CC1. The fourth-order valence-corrected chi connectivity index (χ4v) is 4.54. The molecule has 1 aliphatic carbocycles. The maximum Gasteiger partial charge on any atom is 0.233 e. The lowest BCUT2D eigenvalue weighted by atomic mass is 10.2. The van der Waals surface area contributed by atoms with E-state index in [2.05, 4.69) is 15.3 Å². The van der Waals surface area contributed by atoms with E-state index < -0.39 is 0 Å². The number of nitrogens with zero attached hydrogens (tertiary/aromatic N) is 2. The highest BCUT2D eigenvalue weighted by Gasteiger charge is 2.26. The number of thioether (sulfide) groups is 1. The maximum atomic E-state index is 13.1. The van der Waals surface area contributed by atoms with E-state index in [0.29, 0.717) is 6.04 Å². The smallest absolute Gasteiger partial charge is 0.233 e. The van der Waals surface area contributed by atoms with Crippen LogP contribution in [0.1, 0.15) is 19.8 Å². The fraction of sp³-hybridized carbons (Fsp3) is 0.278. The van der Waals surface area contributed by atoms with Gasteiger partial charge in [-0.3, -0.25) is 4.79 Å². The molecule has 1 N–H and O–H groups in total. The Morgan fingerprint density at radius 1 is 1.32 bits per heavy atom. The number of amides is 1. The Hall–Kier alpha value is -1.99. The van der Waals surface area contributed by atoms with Gasteiger partial charge in [0.1, 0.15) is 17.2 Å². The number of hydrogen-bond donors (Lipinski definition) is 1. The molecule has 1 aromatic carbocycles. The Bertz CT molecular complexity index is 922. The lowest BCUT2D eigenvalue weighted by molar-refractivity contribution is -0.120. The van der Waals surface area contributed by atoms with Crippen LogP contribution in [0.4, 0.5) is 4.39 Å². The Labute approximate surface area is 152 Å². The van der Waals surface area contributed by atoms with Crippen LogP contribution in [0.25, 0.3) is 20.7 Å². The van der Waals surface area contributed by atoms with Crippen molar-refractivity contribution in [3.05, 3.63) is 42.5 Å². The molecule has 1 aliphatic rings. The van der Waals surface area contributed by atoms with Crippen molar-refractivity contribution in [3.8, 4) is 10.4 Å². The van der Waals surface area contributed by atoms with E-state index in [9.17, 15) is 9.18 Å². The average molecular weight is 373 g/mol. The summed E-state index contributed by atoms with van der Waals surface area (Å²) in [5.74, 6) is -0.203. The molecule has 2 aromatic heterocycles. The molecular weight excluding hydrogens is 357 g/mol. The summed E-state index contributed by atoms with van der Waals surface area (Å²) in [5.41, 5.74) is 1.79. The molecule has 1 amide bonds. The highest BCUT2D eigenvalue weighted by Crippen LogP contribution is 2.38. The van der Waals surface area contributed by atoms with Crippen LogP contribution in [-0.2, 0) is 4.79 Å². The number of carbonyl (C=O) groups excluding carboxylic acids is 1. The van der Waals surface area contributed by atoms with Crippen LogP contribution in [-0.4, -0.2) is 27.2 Å². The van der Waals surface area contributed by atoms with Gasteiger partial charge in [-0.25, -0.2) is 14.4 Å². The van der Waals surface area contributed by atoms with Crippen molar-refractivity contribution in [3.63, 3.8) is 0 Å². The molecule has 4 rings (SSSR count). The van der Waals surface area contributed by atoms with Crippen molar-refractivity contribution in [2.75, 3.05) is 0 Å². The van der Waals surface area contributed by atoms with E-state index in [4.69, 9.17) is 0 Å². The first kappa shape index (κ1) is 16.5. The quantitative estimate of drug-likeness (QED) is 0.536. The molecule has 4 nitrogen and oxygen atoms in total. The summed E-state index contributed by atoms with van der Waals surface area (Å²) in [4.78, 5) is 21.9. The summed E-state index contributed by atoms with van der Waals surface area (Å²) in [5, 5.41) is 3.62. The fourth-order valence-electron chi connectivity index (χ4n) is 2.44. The summed E-state index contributed by atoms with van der Waals surface area (Å²) in [6.45, 7) is 1.89. The van der Waals surface area contributed by atoms with Crippen LogP contribution in [0.15, 0.2) is 41.7 Å². The van der Waals surface area contributed by atoms with Crippen molar-refractivity contribution >= 4 is 39.2 Å². The third kappa shape index (κ3) is 3.67. The molecule has 0 spiro atoms. The molecule has 25 heavy (non-hydrogen) atoms. The Balaban J connectivity index is 1.60. The van der Waals surface area contributed by atoms with E-state index in [-0.39, 0.29) is 17.0 Å². The molecule has 0 saturated heterocycles. The number of aromatic nitrogens is 2. The molecule has 1 unspecified atom stereocenters. The minimum atomic E-state index is -0.253. The summed E-state index contributed by atoms with van der Waals surface area (Å²) in [6, 6.07) is 8.75. The average Bonchev–Trinajstić information content (AvgIpc) is 3.30. The van der Waals surface area contributed by atoms with Crippen LogP contribution in [0.2, 0.25) is 0 Å². The van der Waals surface area contributed by atoms with Gasteiger partial charge in [-0.1, -0.05) is 23.9 Å². The van der Waals surface area contributed by atoms with Gasteiger partial charge in [-0.15, -0.1) is 11.3 Å². The summed E-state index contributed by atoms with van der Waals surface area (Å²) in [6.07, 6.45) is 3.68. The van der Waals surface area contributed by atoms with E-state index in [1.165, 1.54) is 30.2 Å². The van der Waals surface area contributed by atoms with Gasteiger partial charge in [-0.2, -0.15) is 0 Å². The first-order chi connectivity index (χ1) is 12.1. The van der Waals surface area contributed by atoms with Gasteiger partial charge in [0.05, 0.1) is 15.5 Å². The predicted octanol–water partition coefficient (Wildman–Crippen LogP) is 4.26. The second-order valence-corrected chi connectivity index (χ2v) is 8.44. The van der Waals surface area contributed by atoms with Crippen LogP contribution in [0.3, 0.4) is 0 Å². The second kappa shape index (κ2) is 6.72. The number of hydrogen-bond acceptors (Lipinski definition) is 5. The standard InChI is InChI=1S/C18H16FN3OS2/c1-10(17(23)22-13-6-7-13)24-18-16-14(20-9-21-18)8-15(25-16)11-2-4-12(19)5-3-11/h2-5,8-10,13H,6-7H2,1H3,(H,22,23). The summed E-state index contributed by atoms with van der Waals surface area (Å²) < 4.78 is 14.1. The van der Waals surface area contributed by atoms with Crippen molar-refractivity contribution in [1.82, 2.24) is 15.3 Å². The number of rotatable bonds is 5. The summed E-state index contributed by atoms with van der Waals surface area (Å²) in [7, 11) is 0. The molecular formula is C18H16FN3OS2. The van der Waals surface area contributed by atoms with Crippen LogP contribution in [0, 0.1) is 5.82 Å². The van der Waals surface area contributed by atoms with Crippen molar-refractivity contribution in [2.24, 2.45) is 0 Å². The normalized spacial score (nSPS) is 15.3. The zero-order valence-corrected chi connectivity index (χ0v) is 15.2. The predicted molar refractivity (Wildman–Crippen MR) is 99.3 cm³/mol. The zero-order chi connectivity index (χ0) is 17.4. The van der Waals surface area contributed by atoms with Crippen molar-refractivity contribution in [1.29, 1.82) is 0 Å². The Kier molecular flexibility index (Phi) is 4.43. The number of thiophene rings is 1. The lowest BCUT2D eigenvalue weighted by Gasteiger charge is -2.10. The molecule has 2 heterocycles. The molecule has 0 bridgehead atoms.